The van der Waals surface area contributed by atoms with Crippen LogP contribution in [-0.2, 0) is 5.58 Å². The van der Waals surface area contributed by atoms with E-state index in [-0.39, 0.29) is 0 Å². The van der Waals surface area contributed by atoms with E-state index in [4.69, 9.17) is 0 Å². The van der Waals surface area contributed by atoms with Crippen LogP contribution in [0.5, 0.6) is 0 Å². The van der Waals surface area contributed by atoms with Crippen LogP contribution in [0.3, 0.4) is 0 Å². The van der Waals surface area contributed by atoms with Gasteiger partial charge in [0, 0.05) is 0 Å². The van der Waals surface area contributed by atoms with Crippen molar-refractivity contribution in [1.82, 2.24) is 0 Å². The molecule has 0 atom stereocenters. The quantitative estimate of drug-likeness (QED) is 0.382. The van der Waals surface area contributed by atoms with Gasteiger partial charge in [-0.1, -0.05) is 0 Å². The third kappa shape index (κ3) is 4.05. The van der Waals surface area contributed by atoms with E-state index in [1.807, 2.05) is 0 Å². The summed E-state index contributed by atoms with van der Waals surface area (Å²) in [4.78, 5) is 20.2. The molecule has 0 radical (unpaired) electrons. The molecule has 0 fully saturated rings. The molecule has 0 aliphatic heterocycles. The van der Waals surface area contributed by atoms with Crippen molar-refractivity contribution in [2.24, 2.45) is 0 Å². The molecular formula is C6H5N2O6Tl. The maximum atomic E-state index is 10.1. The van der Waals surface area contributed by atoms with Gasteiger partial charge in [-0.2, -0.15) is 0 Å². The Labute approximate surface area is 93.1 Å². The zero-order valence-corrected chi connectivity index (χ0v) is 11.8. The summed E-state index contributed by atoms with van der Waals surface area (Å²) in [5.41, 5.74) is 0. The monoisotopic (exact) mass is 406 g/mol. The van der Waals surface area contributed by atoms with Crippen LogP contribution >= 0.6 is 0 Å². The summed E-state index contributed by atoms with van der Waals surface area (Å²) in [6.07, 6.45) is 0. The molecule has 0 saturated carbocycles. The topological polar surface area (TPSA) is 105 Å². The molecule has 8 nitrogen and oxygen atoms in total. The van der Waals surface area contributed by atoms with Gasteiger partial charge >= 0.3 is 93.0 Å². The fourth-order valence-corrected chi connectivity index (χ4v) is 5.30. The van der Waals surface area contributed by atoms with E-state index in [2.05, 4.69) is 5.58 Å². The van der Waals surface area contributed by atoms with Crippen LogP contribution in [0.1, 0.15) is 0 Å². The normalized spacial score (nSPS) is 9.07. The molecule has 0 aromatic heterocycles. The maximum absolute atomic E-state index is 10.1. The first-order valence-corrected chi connectivity index (χ1v) is 9.68. The van der Waals surface area contributed by atoms with Gasteiger partial charge in [0.05, 0.1) is 0 Å². The van der Waals surface area contributed by atoms with E-state index in [0.717, 1.165) is 0 Å². The van der Waals surface area contributed by atoms with Gasteiger partial charge in [0.2, 0.25) is 0 Å². The van der Waals surface area contributed by atoms with Crippen LogP contribution in [0.2, 0.25) is 0 Å². The standard InChI is InChI=1S/C6H5.2NO3.Tl/c1-2-4-6-5-3-1;2*2-1(3)4;/h1-5H;;;/q;2*-1;+2. The third-order valence-electron chi connectivity index (χ3n) is 1.44. The Kier molecular flexibility index (Phi) is 4.20. The van der Waals surface area contributed by atoms with E-state index in [9.17, 15) is 20.2 Å². The van der Waals surface area contributed by atoms with Crippen LogP contribution in [0.4, 0.5) is 0 Å². The molecule has 0 spiro atoms. The van der Waals surface area contributed by atoms with Crippen molar-refractivity contribution in [2.75, 3.05) is 0 Å². The first kappa shape index (κ1) is 11.6. The molecule has 1 rings (SSSR count). The number of nitrogens with zero attached hydrogens (tertiary/aromatic N) is 2. The molecule has 0 aliphatic rings. The number of hydrogen-bond donors (Lipinski definition) is 0. The average Bonchev–Trinajstić information content (AvgIpc) is 2.17. The zero-order valence-electron chi connectivity index (χ0n) is 7.31. The van der Waals surface area contributed by atoms with Crippen molar-refractivity contribution in [3.05, 3.63) is 50.6 Å². The van der Waals surface area contributed by atoms with Crippen LogP contribution in [0, 0.1) is 20.2 Å². The summed E-state index contributed by atoms with van der Waals surface area (Å²) >= 11 is -3.98. The van der Waals surface area contributed by atoms with Gasteiger partial charge in [0.1, 0.15) is 0 Å². The Morgan fingerprint density at radius 3 is 1.87 bits per heavy atom. The number of rotatable bonds is 5. The number of benzene rings is 1. The van der Waals surface area contributed by atoms with Crippen LogP contribution < -0.4 is 3.12 Å². The average molecular weight is 405 g/mol. The Morgan fingerprint density at radius 1 is 1.00 bits per heavy atom. The van der Waals surface area contributed by atoms with E-state index >= 15 is 0 Å². The fourth-order valence-electron chi connectivity index (χ4n) is 0.907. The Hall–Kier alpha value is -1.46. The van der Waals surface area contributed by atoms with Crippen LogP contribution in [0.15, 0.2) is 30.3 Å². The molecule has 0 saturated heterocycles. The van der Waals surface area contributed by atoms with E-state index in [1.165, 1.54) is 12.1 Å². The second kappa shape index (κ2) is 5.43. The minimum atomic E-state index is -3.98. The molecule has 0 unspecified atom stereocenters. The predicted octanol–water partition coefficient (Wildman–Crippen LogP) is -0.202. The summed E-state index contributed by atoms with van der Waals surface area (Å²) in [5, 5.41) is 18.1. The second-order valence-corrected chi connectivity index (χ2v) is 9.21. The van der Waals surface area contributed by atoms with Crippen molar-refractivity contribution in [3.63, 3.8) is 0 Å². The molecule has 0 bridgehead atoms. The first-order valence-electron chi connectivity index (χ1n) is 3.77. The molecule has 0 heterocycles. The van der Waals surface area contributed by atoms with Gasteiger partial charge in [0.25, 0.3) is 0 Å². The molecule has 0 N–H and O–H groups in total. The van der Waals surface area contributed by atoms with Crippen molar-refractivity contribution in [1.29, 1.82) is 0 Å². The summed E-state index contributed by atoms with van der Waals surface area (Å²) in [6.45, 7) is 0. The van der Waals surface area contributed by atoms with Crippen LogP contribution in [0.25, 0.3) is 0 Å². The Bertz CT molecular complexity index is 342. The Morgan fingerprint density at radius 2 is 1.47 bits per heavy atom. The van der Waals surface area contributed by atoms with Gasteiger partial charge in [-0.3, -0.25) is 0 Å². The van der Waals surface area contributed by atoms with Crippen LogP contribution in [-0.4, -0.2) is 33.8 Å². The molecule has 0 aliphatic carbocycles. The minimum absolute atomic E-state index is 0.408. The van der Waals surface area contributed by atoms with Crippen molar-refractivity contribution < 1.29 is 15.7 Å². The van der Waals surface area contributed by atoms with Crippen molar-refractivity contribution in [2.45, 2.75) is 0 Å². The van der Waals surface area contributed by atoms with Gasteiger partial charge < -0.3 is 0 Å². The summed E-state index contributed by atoms with van der Waals surface area (Å²) in [7, 11) is 0. The zero-order chi connectivity index (χ0) is 11.3. The molecule has 9 heteroatoms. The van der Waals surface area contributed by atoms with Crippen molar-refractivity contribution >= 4 is 26.7 Å². The van der Waals surface area contributed by atoms with E-state index < -0.39 is 33.8 Å². The van der Waals surface area contributed by atoms with Crippen molar-refractivity contribution in [3.8, 4) is 0 Å². The third-order valence-corrected chi connectivity index (χ3v) is 7.87. The molecule has 0 amide bonds. The molecule has 15 heavy (non-hydrogen) atoms. The summed E-state index contributed by atoms with van der Waals surface area (Å²) in [5.74, 6) is 0. The second-order valence-electron chi connectivity index (χ2n) is 2.40. The predicted molar refractivity (Wildman–Crippen MR) is 48.0 cm³/mol. The number of hydrogen-bond acceptors (Lipinski definition) is 6. The van der Waals surface area contributed by atoms with Gasteiger partial charge in [0.15, 0.2) is 0 Å². The summed E-state index contributed by atoms with van der Waals surface area (Å²) < 4.78 is 8.86. The molecular weight excluding hydrogens is 400 g/mol. The van der Waals surface area contributed by atoms with Gasteiger partial charge in [-0.15, -0.1) is 0 Å². The molecule has 1 aromatic carbocycles. The van der Waals surface area contributed by atoms with E-state index in [1.54, 1.807) is 18.2 Å². The Balaban J connectivity index is 2.81. The summed E-state index contributed by atoms with van der Waals surface area (Å²) in [6, 6.07) is 7.93. The first-order chi connectivity index (χ1) is 7.09. The fraction of sp³-hybridized carbons (Fsp3) is 0. The SMILES string of the molecule is O=[N+]([O-])[O][Tl]([O][N+](=O)[O-])[c]1ccccc1. The van der Waals surface area contributed by atoms with Gasteiger partial charge in [-0.25, -0.2) is 0 Å². The van der Waals surface area contributed by atoms with Gasteiger partial charge in [-0.05, 0) is 0 Å². The molecule has 1 aromatic rings. The van der Waals surface area contributed by atoms with E-state index in [0.29, 0.717) is 3.12 Å². The molecule has 78 valence electrons.